The van der Waals surface area contributed by atoms with Gasteiger partial charge in [0.25, 0.3) is 0 Å². The minimum absolute atomic E-state index is 0.363. The SMILES string of the molecule is CN(C)CCOCCN1CCNC(C)(C2CC2)C1. The summed E-state index contributed by atoms with van der Waals surface area (Å²) in [6, 6.07) is 0. The first-order valence-electron chi connectivity index (χ1n) is 7.30. The Balaban J connectivity index is 1.61. The van der Waals surface area contributed by atoms with Crippen molar-refractivity contribution in [3.05, 3.63) is 0 Å². The molecule has 1 atom stereocenters. The Bertz CT molecular complexity index is 255. The van der Waals surface area contributed by atoms with E-state index in [2.05, 4.69) is 36.1 Å². The minimum Gasteiger partial charge on any atom is -0.379 e. The smallest absolute Gasteiger partial charge is 0.0594 e. The van der Waals surface area contributed by atoms with Gasteiger partial charge in [-0.25, -0.2) is 0 Å². The monoisotopic (exact) mass is 255 g/mol. The van der Waals surface area contributed by atoms with Crippen LogP contribution in [0.5, 0.6) is 0 Å². The van der Waals surface area contributed by atoms with E-state index in [0.29, 0.717) is 5.54 Å². The fourth-order valence-corrected chi connectivity index (χ4v) is 2.83. The third-order valence-electron chi connectivity index (χ3n) is 4.22. The van der Waals surface area contributed by atoms with Gasteiger partial charge in [-0.1, -0.05) is 0 Å². The van der Waals surface area contributed by atoms with Gasteiger partial charge in [-0.15, -0.1) is 0 Å². The van der Waals surface area contributed by atoms with Crippen LogP contribution in [0.4, 0.5) is 0 Å². The molecule has 4 nitrogen and oxygen atoms in total. The number of nitrogens with one attached hydrogen (secondary N) is 1. The molecule has 1 aliphatic heterocycles. The standard InChI is InChI=1S/C14H29N3O/c1-14(13-4-5-13)12-17(7-6-15-14)9-11-18-10-8-16(2)3/h13,15H,4-12H2,1-3H3. The predicted octanol–water partition coefficient (Wildman–Crippen LogP) is 0.639. The third kappa shape index (κ3) is 4.19. The van der Waals surface area contributed by atoms with E-state index in [1.807, 2.05) is 0 Å². The quantitative estimate of drug-likeness (QED) is 0.676. The number of piperazine rings is 1. The summed E-state index contributed by atoms with van der Waals surface area (Å²) in [5.74, 6) is 0.912. The Labute approximate surface area is 112 Å². The van der Waals surface area contributed by atoms with Crippen LogP contribution in [-0.4, -0.2) is 75.4 Å². The zero-order chi connectivity index (χ0) is 13.0. The molecule has 4 heteroatoms. The highest BCUT2D eigenvalue weighted by molar-refractivity contribution is 5.01. The number of hydrogen-bond acceptors (Lipinski definition) is 4. The molecule has 106 valence electrons. The van der Waals surface area contributed by atoms with Gasteiger partial charge in [0.1, 0.15) is 0 Å². The Morgan fingerprint density at radius 3 is 2.78 bits per heavy atom. The first-order valence-corrected chi connectivity index (χ1v) is 7.30. The van der Waals surface area contributed by atoms with Crippen LogP contribution in [0.2, 0.25) is 0 Å². The van der Waals surface area contributed by atoms with Gasteiger partial charge in [0.15, 0.2) is 0 Å². The molecule has 0 spiro atoms. The number of rotatable bonds is 7. The zero-order valence-corrected chi connectivity index (χ0v) is 12.2. The van der Waals surface area contributed by atoms with E-state index < -0.39 is 0 Å². The van der Waals surface area contributed by atoms with Crippen molar-refractivity contribution in [2.24, 2.45) is 5.92 Å². The zero-order valence-electron chi connectivity index (χ0n) is 12.2. The van der Waals surface area contributed by atoms with Crippen molar-refractivity contribution >= 4 is 0 Å². The van der Waals surface area contributed by atoms with Gasteiger partial charge >= 0.3 is 0 Å². The third-order valence-corrected chi connectivity index (χ3v) is 4.22. The van der Waals surface area contributed by atoms with Crippen molar-refractivity contribution in [2.45, 2.75) is 25.3 Å². The highest BCUT2D eigenvalue weighted by Gasteiger charge is 2.43. The van der Waals surface area contributed by atoms with Crippen molar-refractivity contribution in [2.75, 3.05) is 60.0 Å². The van der Waals surface area contributed by atoms with Crippen LogP contribution in [0.25, 0.3) is 0 Å². The molecule has 0 radical (unpaired) electrons. The van der Waals surface area contributed by atoms with Crippen molar-refractivity contribution in [1.29, 1.82) is 0 Å². The molecular weight excluding hydrogens is 226 g/mol. The van der Waals surface area contributed by atoms with Crippen LogP contribution in [0.15, 0.2) is 0 Å². The topological polar surface area (TPSA) is 27.7 Å². The normalized spacial score (nSPS) is 30.0. The summed E-state index contributed by atoms with van der Waals surface area (Å²) in [4.78, 5) is 4.72. The van der Waals surface area contributed by atoms with Gasteiger partial charge in [0.05, 0.1) is 13.2 Å². The van der Waals surface area contributed by atoms with E-state index in [4.69, 9.17) is 4.74 Å². The lowest BCUT2D eigenvalue weighted by Gasteiger charge is -2.42. The molecule has 2 aliphatic rings. The van der Waals surface area contributed by atoms with Crippen LogP contribution in [0.1, 0.15) is 19.8 Å². The lowest BCUT2D eigenvalue weighted by atomic mass is 9.93. The van der Waals surface area contributed by atoms with E-state index in [1.165, 1.54) is 25.9 Å². The molecule has 1 aliphatic carbocycles. The van der Waals surface area contributed by atoms with Crippen LogP contribution in [0, 0.1) is 5.92 Å². The average molecular weight is 255 g/mol. The largest absolute Gasteiger partial charge is 0.379 e. The van der Waals surface area contributed by atoms with Gasteiger partial charge in [-0.3, -0.25) is 4.90 Å². The number of likely N-dealkylation sites (N-methyl/N-ethyl adjacent to an activating group) is 1. The fourth-order valence-electron chi connectivity index (χ4n) is 2.83. The summed E-state index contributed by atoms with van der Waals surface area (Å²) in [5, 5.41) is 3.71. The second kappa shape index (κ2) is 6.33. The average Bonchev–Trinajstić information content (AvgIpc) is 3.12. The molecule has 2 fully saturated rings. The summed E-state index contributed by atoms with van der Waals surface area (Å²) in [6.45, 7) is 9.69. The molecule has 0 aromatic carbocycles. The minimum atomic E-state index is 0.363. The van der Waals surface area contributed by atoms with Crippen LogP contribution >= 0.6 is 0 Å². The maximum Gasteiger partial charge on any atom is 0.0594 e. The summed E-state index contributed by atoms with van der Waals surface area (Å²) in [5.41, 5.74) is 0.363. The van der Waals surface area contributed by atoms with Crippen LogP contribution in [-0.2, 0) is 4.74 Å². The van der Waals surface area contributed by atoms with Crippen molar-refractivity contribution in [1.82, 2.24) is 15.1 Å². The first kappa shape index (κ1) is 14.3. The summed E-state index contributed by atoms with van der Waals surface area (Å²) < 4.78 is 5.69. The number of nitrogens with zero attached hydrogens (tertiary/aromatic N) is 2. The van der Waals surface area contributed by atoms with Crippen LogP contribution < -0.4 is 5.32 Å². The van der Waals surface area contributed by atoms with Gasteiger partial charge in [-0.2, -0.15) is 0 Å². The molecule has 0 aromatic heterocycles. The molecule has 1 unspecified atom stereocenters. The molecule has 0 bridgehead atoms. The van der Waals surface area contributed by atoms with Crippen molar-refractivity contribution in [3.8, 4) is 0 Å². The van der Waals surface area contributed by atoms with E-state index in [-0.39, 0.29) is 0 Å². The lowest BCUT2D eigenvalue weighted by Crippen LogP contribution is -2.60. The Morgan fingerprint density at radius 1 is 1.33 bits per heavy atom. The fraction of sp³-hybridized carbons (Fsp3) is 1.00. The van der Waals surface area contributed by atoms with Gasteiger partial charge in [0, 0.05) is 38.3 Å². The molecule has 2 rings (SSSR count). The Kier molecular flexibility index (Phi) is 5.01. The molecule has 1 N–H and O–H groups in total. The Hall–Kier alpha value is -0.160. The first-order chi connectivity index (χ1) is 8.60. The second-order valence-electron chi connectivity index (χ2n) is 6.31. The maximum atomic E-state index is 5.69. The highest BCUT2D eigenvalue weighted by atomic mass is 16.5. The molecule has 0 aromatic rings. The molecule has 1 saturated carbocycles. The number of ether oxygens (including phenoxy) is 1. The molecule has 1 heterocycles. The van der Waals surface area contributed by atoms with Crippen LogP contribution in [0.3, 0.4) is 0 Å². The van der Waals surface area contributed by atoms with Gasteiger partial charge in [-0.05, 0) is 39.8 Å². The van der Waals surface area contributed by atoms with Gasteiger partial charge < -0.3 is 15.0 Å². The Morgan fingerprint density at radius 2 is 2.11 bits per heavy atom. The van der Waals surface area contributed by atoms with E-state index in [1.54, 1.807) is 0 Å². The molecule has 0 amide bonds. The summed E-state index contributed by atoms with van der Waals surface area (Å²) >= 11 is 0. The molecule has 1 saturated heterocycles. The summed E-state index contributed by atoms with van der Waals surface area (Å²) in [7, 11) is 4.17. The van der Waals surface area contributed by atoms with Gasteiger partial charge in [0.2, 0.25) is 0 Å². The summed E-state index contributed by atoms with van der Waals surface area (Å²) in [6.07, 6.45) is 2.83. The second-order valence-corrected chi connectivity index (χ2v) is 6.31. The number of hydrogen-bond donors (Lipinski definition) is 1. The predicted molar refractivity (Wildman–Crippen MR) is 74.9 cm³/mol. The molecular formula is C14H29N3O. The highest BCUT2D eigenvalue weighted by Crippen LogP contribution is 2.40. The van der Waals surface area contributed by atoms with E-state index in [0.717, 1.165) is 38.8 Å². The lowest BCUT2D eigenvalue weighted by molar-refractivity contribution is 0.0652. The molecule has 18 heavy (non-hydrogen) atoms. The maximum absolute atomic E-state index is 5.69. The van der Waals surface area contributed by atoms with Crippen molar-refractivity contribution in [3.63, 3.8) is 0 Å². The van der Waals surface area contributed by atoms with E-state index >= 15 is 0 Å². The van der Waals surface area contributed by atoms with E-state index in [9.17, 15) is 0 Å². The van der Waals surface area contributed by atoms with Crippen molar-refractivity contribution < 1.29 is 4.74 Å².